The van der Waals surface area contributed by atoms with Crippen LogP contribution >= 0.6 is 11.3 Å². The van der Waals surface area contributed by atoms with Gasteiger partial charge in [0.1, 0.15) is 10.8 Å². The zero-order valence-electron chi connectivity index (χ0n) is 16.8. The molecule has 0 amide bonds. The molecule has 0 radical (unpaired) electrons. The van der Waals surface area contributed by atoms with Gasteiger partial charge in [0.15, 0.2) is 0 Å². The second kappa shape index (κ2) is 7.40. The molecule has 2 aromatic heterocycles. The van der Waals surface area contributed by atoms with Crippen molar-refractivity contribution in [1.82, 2.24) is 4.98 Å². The summed E-state index contributed by atoms with van der Waals surface area (Å²) in [7, 11) is 0. The Labute approximate surface area is 170 Å². The summed E-state index contributed by atoms with van der Waals surface area (Å²) in [6.45, 7) is 8.90. The highest BCUT2D eigenvalue weighted by Gasteiger charge is 2.25. The number of rotatable bonds is 5. The van der Waals surface area contributed by atoms with E-state index in [4.69, 9.17) is 4.42 Å². The Bertz CT molecular complexity index is 1040. The predicted octanol–water partition coefficient (Wildman–Crippen LogP) is 7.52. The van der Waals surface area contributed by atoms with Crippen molar-refractivity contribution in [3.8, 4) is 21.9 Å². The van der Waals surface area contributed by atoms with Crippen LogP contribution in [0.1, 0.15) is 50.3 Å². The number of furan rings is 1. The average Bonchev–Trinajstić information content (AvgIpc) is 3.41. The molecule has 0 saturated carbocycles. The lowest BCUT2D eigenvalue weighted by Crippen LogP contribution is -2.17. The van der Waals surface area contributed by atoms with Gasteiger partial charge in [-0.1, -0.05) is 76.2 Å². The van der Waals surface area contributed by atoms with Crippen LogP contribution in [0, 0.1) is 0 Å². The number of thiazole rings is 1. The Morgan fingerprint density at radius 3 is 2.18 bits per heavy atom. The lowest BCUT2D eigenvalue weighted by molar-refractivity contribution is 0.560. The first-order chi connectivity index (χ1) is 13.4. The first-order valence-corrected chi connectivity index (χ1v) is 10.5. The van der Waals surface area contributed by atoms with Crippen LogP contribution in [0.15, 0.2) is 76.9 Å². The number of aromatic nitrogens is 1. The summed E-state index contributed by atoms with van der Waals surface area (Å²) in [4.78, 5) is 4.39. The van der Waals surface area contributed by atoms with Gasteiger partial charge in [0, 0.05) is 33.7 Å². The molecule has 0 spiro atoms. The van der Waals surface area contributed by atoms with E-state index in [0.29, 0.717) is 5.92 Å². The summed E-state index contributed by atoms with van der Waals surface area (Å²) < 4.78 is 5.93. The number of benzene rings is 2. The topological polar surface area (TPSA) is 26.0 Å². The lowest BCUT2D eigenvalue weighted by atomic mass is 9.79. The molecule has 0 saturated heterocycles. The fraction of sp³-hybridized carbons (Fsp3) is 0.240. The third kappa shape index (κ3) is 3.55. The van der Waals surface area contributed by atoms with Gasteiger partial charge < -0.3 is 4.42 Å². The smallest absolute Gasteiger partial charge is 0.134 e. The molecule has 2 aromatic carbocycles. The molecule has 142 valence electrons. The van der Waals surface area contributed by atoms with Crippen molar-refractivity contribution in [2.24, 2.45) is 0 Å². The monoisotopic (exact) mass is 387 g/mol. The van der Waals surface area contributed by atoms with Crippen molar-refractivity contribution in [2.75, 3.05) is 0 Å². The maximum atomic E-state index is 5.93. The first-order valence-electron chi connectivity index (χ1n) is 9.65. The summed E-state index contributed by atoms with van der Waals surface area (Å²) in [5.74, 6) is 1.45. The summed E-state index contributed by atoms with van der Waals surface area (Å²) in [5.41, 5.74) is 5.92. The van der Waals surface area contributed by atoms with Crippen LogP contribution in [0.4, 0.5) is 0 Å². The molecular formula is C25H25NOS. The van der Waals surface area contributed by atoms with Crippen LogP contribution in [0.2, 0.25) is 0 Å². The molecule has 4 aromatic rings. The molecule has 2 heterocycles. The van der Waals surface area contributed by atoms with E-state index in [9.17, 15) is 0 Å². The highest BCUT2D eigenvalue weighted by atomic mass is 32.1. The number of hydrogen-bond donors (Lipinski definition) is 0. The van der Waals surface area contributed by atoms with Crippen LogP contribution in [-0.4, -0.2) is 4.98 Å². The van der Waals surface area contributed by atoms with Gasteiger partial charge in [-0.15, -0.1) is 11.3 Å². The molecule has 0 aliphatic carbocycles. The fourth-order valence-electron chi connectivity index (χ4n) is 3.41. The lowest BCUT2D eigenvalue weighted by Gasteiger charge is -2.24. The van der Waals surface area contributed by atoms with E-state index in [0.717, 1.165) is 21.9 Å². The highest BCUT2D eigenvalue weighted by Crippen LogP contribution is 2.36. The normalized spacial score (nSPS) is 11.9. The second-order valence-electron chi connectivity index (χ2n) is 8.02. The Morgan fingerprint density at radius 1 is 0.893 bits per heavy atom. The summed E-state index contributed by atoms with van der Waals surface area (Å²) in [6, 6.07) is 19.5. The van der Waals surface area contributed by atoms with Crippen LogP contribution < -0.4 is 0 Å². The van der Waals surface area contributed by atoms with Crippen LogP contribution in [0.5, 0.6) is 0 Å². The summed E-state index contributed by atoms with van der Waals surface area (Å²) in [5, 5.41) is 3.06. The maximum Gasteiger partial charge on any atom is 0.134 e. The molecule has 0 N–H and O–H groups in total. The number of nitrogens with zero attached hydrogens (tertiary/aromatic N) is 1. The van der Waals surface area contributed by atoms with E-state index in [1.165, 1.54) is 16.7 Å². The Kier molecular flexibility index (Phi) is 4.94. The van der Waals surface area contributed by atoms with Gasteiger partial charge in [-0.25, -0.2) is 4.98 Å². The van der Waals surface area contributed by atoms with Crippen molar-refractivity contribution < 1.29 is 4.42 Å². The molecule has 0 fully saturated rings. The largest absolute Gasteiger partial charge is 0.464 e. The maximum absolute atomic E-state index is 5.93. The molecule has 0 unspecified atom stereocenters. The predicted molar refractivity (Wildman–Crippen MR) is 118 cm³/mol. The van der Waals surface area contributed by atoms with E-state index in [2.05, 4.69) is 87.3 Å². The molecular weight excluding hydrogens is 362 g/mol. The van der Waals surface area contributed by atoms with Crippen LogP contribution in [0.25, 0.3) is 21.9 Å². The fourth-order valence-corrected chi connectivity index (χ4v) is 4.05. The molecule has 0 bridgehead atoms. The molecule has 0 aliphatic rings. The minimum Gasteiger partial charge on any atom is -0.464 e. The van der Waals surface area contributed by atoms with Crippen molar-refractivity contribution >= 4 is 11.3 Å². The summed E-state index contributed by atoms with van der Waals surface area (Å²) in [6.07, 6.45) is 3.74. The molecule has 4 rings (SSSR count). The van der Waals surface area contributed by atoms with Gasteiger partial charge in [0.2, 0.25) is 0 Å². The van der Waals surface area contributed by atoms with E-state index in [1.807, 2.05) is 17.8 Å². The minimum atomic E-state index is -0.138. The Balaban J connectivity index is 1.59. The van der Waals surface area contributed by atoms with Crippen molar-refractivity contribution in [1.29, 1.82) is 0 Å². The van der Waals surface area contributed by atoms with Gasteiger partial charge in [-0.2, -0.15) is 0 Å². The van der Waals surface area contributed by atoms with Crippen LogP contribution in [0.3, 0.4) is 0 Å². The molecule has 0 atom stereocenters. The molecule has 3 heteroatoms. The van der Waals surface area contributed by atoms with Gasteiger partial charge in [0.25, 0.3) is 0 Å². The van der Waals surface area contributed by atoms with Gasteiger partial charge in [0.05, 0.1) is 6.26 Å². The van der Waals surface area contributed by atoms with Gasteiger partial charge >= 0.3 is 0 Å². The SMILES string of the molecule is CC(C)c1ccc(-c2cc(C(C)(C)c3ccc(-c4nccs4)cc3)co2)cc1. The van der Waals surface area contributed by atoms with E-state index in [1.54, 1.807) is 11.3 Å². The first kappa shape index (κ1) is 18.7. The Morgan fingerprint density at radius 2 is 1.57 bits per heavy atom. The zero-order chi connectivity index (χ0) is 19.7. The van der Waals surface area contributed by atoms with Crippen molar-refractivity contribution in [3.63, 3.8) is 0 Å². The summed E-state index contributed by atoms with van der Waals surface area (Å²) >= 11 is 1.66. The van der Waals surface area contributed by atoms with E-state index >= 15 is 0 Å². The van der Waals surface area contributed by atoms with E-state index < -0.39 is 0 Å². The molecule has 0 aliphatic heterocycles. The Hall–Kier alpha value is -2.65. The molecule has 28 heavy (non-hydrogen) atoms. The highest BCUT2D eigenvalue weighted by molar-refractivity contribution is 7.13. The quantitative estimate of drug-likeness (QED) is 0.354. The van der Waals surface area contributed by atoms with Crippen molar-refractivity contribution in [2.45, 2.75) is 39.0 Å². The number of hydrogen-bond acceptors (Lipinski definition) is 3. The average molecular weight is 388 g/mol. The van der Waals surface area contributed by atoms with Crippen LogP contribution in [-0.2, 0) is 5.41 Å². The van der Waals surface area contributed by atoms with Crippen molar-refractivity contribution in [3.05, 3.63) is 89.1 Å². The third-order valence-corrected chi connectivity index (χ3v) is 6.29. The minimum absolute atomic E-state index is 0.138. The van der Waals surface area contributed by atoms with Gasteiger partial charge in [-0.3, -0.25) is 0 Å². The second-order valence-corrected chi connectivity index (χ2v) is 8.91. The van der Waals surface area contributed by atoms with E-state index in [-0.39, 0.29) is 5.41 Å². The zero-order valence-corrected chi connectivity index (χ0v) is 17.6. The molecule has 2 nitrogen and oxygen atoms in total. The van der Waals surface area contributed by atoms with Gasteiger partial charge in [-0.05, 0) is 23.1 Å². The third-order valence-electron chi connectivity index (χ3n) is 5.47. The standard InChI is InChI=1S/C25H25NOS/c1-17(2)18-5-7-19(8-6-18)23-15-22(16-27-23)25(3,4)21-11-9-20(10-12-21)24-26-13-14-28-24/h5-17H,1-4H3.